The van der Waals surface area contributed by atoms with Gasteiger partial charge in [0.1, 0.15) is 5.65 Å². The van der Waals surface area contributed by atoms with Gasteiger partial charge in [-0.25, -0.2) is 4.98 Å². The molecule has 0 saturated heterocycles. The fraction of sp³-hybridized carbons (Fsp3) is 0.158. The van der Waals surface area contributed by atoms with Crippen LogP contribution in [0.4, 0.5) is 0 Å². The summed E-state index contributed by atoms with van der Waals surface area (Å²) in [4.78, 5) is 17.4. The Kier molecular flexibility index (Phi) is 3.63. The highest BCUT2D eigenvalue weighted by atomic mass is 16.1. The number of allylic oxidation sites excluding steroid dienone is 1. The van der Waals surface area contributed by atoms with Gasteiger partial charge in [-0.15, -0.1) is 6.58 Å². The van der Waals surface area contributed by atoms with Crippen molar-refractivity contribution in [2.45, 2.75) is 20.4 Å². The number of aryl methyl sites for hydroxylation is 1. The summed E-state index contributed by atoms with van der Waals surface area (Å²) in [6.07, 6.45) is 3.57. The Bertz CT molecular complexity index is 857. The molecule has 2 aromatic heterocycles. The van der Waals surface area contributed by atoms with Crippen LogP contribution in [0.1, 0.15) is 27.2 Å². The van der Waals surface area contributed by atoms with Crippen LogP contribution in [0.5, 0.6) is 0 Å². The quantitative estimate of drug-likeness (QED) is 0.536. The molecule has 0 unspecified atom stereocenters. The standard InChI is InChI=1S/C19H18N2O/c1-4-12-21-14(3)17(16-6-5-11-20-19(16)21)18(22)15-9-7-13(2)8-10-15/h4-11H,1,12H2,2-3H3. The molecule has 0 bridgehead atoms. The normalized spacial score (nSPS) is 10.8. The Labute approximate surface area is 129 Å². The average Bonchev–Trinajstić information content (AvgIpc) is 2.80. The first-order valence-electron chi connectivity index (χ1n) is 7.29. The minimum atomic E-state index is 0.0401. The predicted octanol–water partition coefficient (Wildman–Crippen LogP) is 4.07. The summed E-state index contributed by atoms with van der Waals surface area (Å²) in [5.41, 5.74) is 4.34. The monoisotopic (exact) mass is 290 g/mol. The number of aromatic nitrogens is 2. The number of nitrogens with zero attached hydrogens (tertiary/aromatic N) is 2. The van der Waals surface area contributed by atoms with Gasteiger partial charge in [0, 0.05) is 29.4 Å². The van der Waals surface area contributed by atoms with Crippen molar-refractivity contribution in [1.29, 1.82) is 0 Å². The Morgan fingerprint density at radius 1 is 1.23 bits per heavy atom. The number of pyridine rings is 1. The van der Waals surface area contributed by atoms with Gasteiger partial charge in [0.05, 0.1) is 5.56 Å². The molecule has 3 heteroatoms. The summed E-state index contributed by atoms with van der Waals surface area (Å²) in [5, 5.41) is 0.896. The maximum Gasteiger partial charge on any atom is 0.195 e. The number of hydrogen-bond acceptors (Lipinski definition) is 2. The largest absolute Gasteiger partial charge is 0.325 e. The molecule has 0 radical (unpaired) electrons. The Hall–Kier alpha value is -2.68. The van der Waals surface area contributed by atoms with Crippen molar-refractivity contribution in [1.82, 2.24) is 9.55 Å². The molecule has 3 nitrogen and oxygen atoms in total. The van der Waals surface area contributed by atoms with E-state index in [2.05, 4.69) is 11.6 Å². The summed E-state index contributed by atoms with van der Waals surface area (Å²) in [7, 11) is 0. The highest BCUT2D eigenvalue weighted by Crippen LogP contribution is 2.26. The molecule has 1 aromatic carbocycles. The number of hydrogen-bond donors (Lipinski definition) is 0. The van der Waals surface area contributed by atoms with Gasteiger partial charge in [-0.3, -0.25) is 4.79 Å². The second-order valence-electron chi connectivity index (χ2n) is 5.43. The minimum Gasteiger partial charge on any atom is -0.325 e. The van der Waals surface area contributed by atoms with Crippen LogP contribution in [-0.2, 0) is 6.54 Å². The minimum absolute atomic E-state index is 0.0401. The van der Waals surface area contributed by atoms with Gasteiger partial charge < -0.3 is 4.57 Å². The molecule has 0 aliphatic heterocycles. The third-order valence-corrected chi connectivity index (χ3v) is 3.93. The SMILES string of the molecule is C=CCn1c(C)c(C(=O)c2ccc(C)cc2)c2cccnc21. The summed E-state index contributed by atoms with van der Waals surface area (Å²) in [6.45, 7) is 8.41. The zero-order valence-corrected chi connectivity index (χ0v) is 12.8. The molecule has 3 rings (SSSR count). The third kappa shape index (κ3) is 2.25. The molecule has 3 aromatic rings. The summed E-state index contributed by atoms with van der Waals surface area (Å²) < 4.78 is 2.03. The Balaban J connectivity index is 2.22. The Morgan fingerprint density at radius 3 is 2.64 bits per heavy atom. The van der Waals surface area contributed by atoms with Gasteiger partial charge in [0.15, 0.2) is 5.78 Å². The molecule has 0 aliphatic carbocycles. The van der Waals surface area contributed by atoms with Crippen LogP contribution in [0.15, 0.2) is 55.3 Å². The molecule has 22 heavy (non-hydrogen) atoms. The number of ketones is 1. The van der Waals surface area contributed by atoms with Crippen LogP contribution in [0.2, 0.25) is 0 Å². The van der Waals surface area contributed by atoms with E-state index < -0.39 is 0 Å². The maximum absolute atomic E-state index is 12.9. The molecular weight excluding hydrogens is 272 g/mol. The predicted molar refractivity (Wildman–Crippen MR) is 89.3 cm³/mol. The number of rotatable bonds is 4. The van der Waals surface area contributed by atoms with E-state index in [0.717, 1.165) is 27.9 Å². The zero-order valence-electron chi connectivity index (χ0n) is 12.8. The second-order valence-corrected chi connectivity index (χ2v) is 5.43. The van der Waals surface area contributed by atoms with Crippen LogP contribution in [0.25, 0.3) is 11.0 Å². The Morgan fingerprint density at radius 2 is 1.95 bits per heavy atom. The highest BCUT2D eigenvalue weighted by molar-refractivity contribution is 6.17. The fourth-order valence-electron chi connectivity index (χ4n) is 2.78. The van der Waals surface area contributed by atoms with Gasteiger partial charge in [0.25, 0.3) is 0 Å². The zero-order chi connectivity index (χ0) is 15.7. The van der Waals surface area contributed by atoms with Crippen molar-refractivity contribution in [3.8, 4) is 0 Å². The first-order chi connectivity index (χ1) is 10.6. The lowest BCUT2D eigenvalue weighted by Gasteiger charge is -2.05. The summed E-state index contributed by atoms with van der Waals surface area (Å²) in [6, 6.07) is 11.5. The van der Waals surface area contributed by atoms with E-state index >= 15 is 0 Å². The summed E-state index contributed by atoms with van der Waals surface area (Å²) in [5.74, 6) is 0.0401. The highest BCUT2D eigenvalue weighted by Gasteiger charge is 2.21. The molecular formula is C19H18N2O. The molecule has 0 amide bonds. The van der Waals surface area contributed by atoms with Crippen molar-refractivity contribution in [3.05, 3.63) is 77.6 Å². The van der Waals surface area contributed by atoms with E-state index in [0.29, 0.717) is 12.1 Å². The van der Waals surface area contributed by atoms with E-state index in [4.69, 9.17) is 0 Å². The number of carbonyl (C=O) groups excluding carboxylic acids is 1. The first-order valence-corrected chi connectivity index (χ1v) is 7.29. The lowest BCUT2D eigenvalue weighted by Crippen LogP contribution is -2.05. The molecule has 0 aliphatic rings. The van der Waals surface area contributed by atoms with Crippen molar-refractivity contribution >= 4 is 16.8 Å². The van der Waals surface area contributed by atoms with E-state index in [1.54, 1.807) is 6.20 Å². The van der Waals surface area contributed by atoms with Gasteiger partial charge >= 0.3 is 0 Å². The van der Waals surface area contributed by atoms with Crippen LogP contribution in [0.3, 0.4) is 0 Å². The molecule has 2 heterocycles. The first kappa shape index (κ1) is 14.3. The van der Waals surface area contributed by atoms with Crippen molar-refractivity contribution < 1.29 is 4.79 Å². The third-order valence-electron chi connectivity index (χ3n) is 3.93. The number of benzene rings is 1. The van der Waals surface area contributed by atoms with Gasteiger partial charge in [-0.1, -0.05) is 35.9 Å². The molecule has 0 saturated carbocycles. The van der Waals surface area contributed by atoms with Crippen molar-refractivity contribution in [3.63, 3.8) is 0 Å². The van der Waals surface area contributed by atoms with E-state index in [9.17, 15) is 4.79 Å². The molecule has 0 fully saturated rings. The lowest BCUT2D eigenvalue weighted by molar-refractivity contribution is 0.103. The topological polar surface area (TPSA) is 34.9 Å². The lowest BCUT2D eigenvalue weighted by atomic mass is 10.0. The van der Waals surface area contributed by atoms with E-state index in [1.807, 2.05) is 60.9 Å². The van der Waals surface area contributed by atoms with Crippen LogP contribution in [0, 0.1) is 13.8 Å². The van der Waals surface area contributed by atoms with Gasteiger partial charge in [0.2, 0.25) is 0 Å². The van der Waals surface area contributed by atoms with E-state index in [-0.39, 0.29) is 5.78 Å². The molecule has 0 atom stereocenters. The molecule has 0 spiro atoms. The van der Waals surface area contributed by atoms with E-state index in [1.165, 1.54) is 0 Å². The summed E-state index contributed by atoms with van der Waals surface area (Å²) >= 11 is 0. The second kappa shape index (κ2) is 5.60. The molecule has 0 N–H and O–H groups in total. The van der Waals surface area contributed by atoms with Crippen LogP contribution in [-0.4, -0.2) is 15.3 Å². The number of carbonyl (C=O) groups is 1. The molecule has 110 valence electrons. The van der Waals surface area contributed by atoms with Crippen LogP contribution < -0.4 is 0 Å². The van der Waals surface area contributed by atoms with Crippen molar-refractivity contribution in [2.24, 2.45) is 0 Å². The average molecular weight is 290 g/mol. The fourth-order valence-corrected chi connectivity index (χ4v) is 2.78. The van der Waals surface area contributed by atoms with Crippen LogP contribution >= 0.6 is 0 Å². The van der Waals surface area contributed by atoms with Gasteiger partial charge in [-0.05, 0) is 26.0 Å². The smallest absolute Gasteiger partial charge is 0.195 e. The van der Waals surface area contributed by atoms with Gasteiger partial charge in [-0.2, -0.15) is 0 Å². The van der Waals surface area contributed by atoms with Crippen molar-refractivity contribution in [2.75, 3.05) is 0 Å². The number of fused-ring (bicyclic) bond motifs is 1. The maximum atomic E-state index is 12.9.